The van der Waals surface area contributed by atoms with Crippen LogP contribution in [0.3, 0.4) is 0 Å². The molecular weight excluding hydrogens is 268 g/mol. The third-order valence-corrected chi connectivity index (χ3v) is 4.32. The number of carboxylic acid groups (broad SMARTS) is 1. The van der Waals surface area contributed by atoms with E-state index in [0.717, 1.165) is 43.7 Å². The Morgan fingerprint density at radius 1 is 1.33 bits per heavy atom. The van der Waals surface area contributed by atoms with Crippen LogP contribution in [0.25, 0.3) is 11.0 Å². The monoisotopic (exact) mass is 288 g/mol. The molecule has 0 amide bonds. The Bertz CT molecular complexity index is 642. The highest BCUT2D eigenvalue weighted by Crippen LogP contribution is 2.24. The van der Waals surface area contributed by atoms with Crippen molar-refractivity contribution >= 4 is 16.9 Å². The maximum Gasteiger partial charge on any atom is 0.159 e. The number of quaternary nitrogens is 1. The summed E-state index contributed by atoms with van der Waals surface area (Å²) in [6, 6.07) is 7.48. The van der Waals surface area contributed by atoms with E-state index < -0.39 is 5.97 Å². The summed E-state index contributed by atoms with van der Waals surface area (Å²) in [5.41, 5.74) is 1.39. The number of carbonyl (C=O) groups is 1. The molecule has 0 spiro atoms. The molecule has 5 nitrogen and oxygen atoms in total. The van der Waals surface area contributed by atoms with Crippen molar-refractivity contribution < 1.29 is 19.2 Å². The highest BCUT2D eigenvalue weighted by atomic mass is 16.4. The van der Waals surface area contributed by atoms with Crippen LogP contribution in [0.1, 0.15) is 23.0 Å². The fraction of sp³-hybridized carbons (Fsp3) is 0.438. The van der Waals surface area contributed by atoms with Crippen LogP contribution < -0.4 is 10.0 Å². The van der Waals surface area contributed by atoms with Gasteiger partial charge in [0, 0.05) is 18.5 Å². The van der Waals surface area contributed by atoms with E-state index in [2.05, 4.69) is 11.8 Å². The molecule has 0 unspecified atom stereocenters. The van der Waals surface area contributed by atoms with Crippen molar-refractivity contribution in [2.24, 2.45) is 0 Å². The van der Waals surface area contributed by atoms with Crippen molar-refractivity contribution in [2.75, 3.05) is 32.7 Å². The molecule has 0 radical (unpaired) electrons. The number of nitrogens with one attached hydrogen (secondary N) is 1. The molecule has 112 valence electrons. The lowest BCUT2D eigenvalue weighted by Crippen LogP contribution is -3.13. The molecule has 0 bridgehead atoms. The predicted octanol–water partition coefficient (Wildman–Crippen LogP) is -0.483. The summed E-state index contributed by atoms with van der Waals surface area (Å²) in [5.74, 6) is -1.24. The first-order valence-corrected chi connectivity index (χ1v) is 7.46. The number of hydrogen-bond donors (Lipinski definition) is 1. The molecule has 2 heterocycles. The molecule has 0 aliphatic carbocycles. The van der Waals surface area contributed by atoms with Crippen LogP contribution in [0.2, 0.25) is 0 Å². The number of fused-ring (bicyclic) bond motifs is 1. The fourth-order valence-electron chi connectivity index (χ4n) is 3.05. The third kappa shape index (κ3) is 2.80. The number of rotatable bonds is 4. The van der Waals surface area contributed by atoms with Gasteiger partial charge in [-0.25, -0.2) is 0 Å². The van der Waals surface area contributed by atoms with E-state index >= 15 is 0 Å². The number of carboxylic acids is 1. The molecule has 1 saturated heterocycles. The first-order chi connectivity index (χ1) is 10.2. The molecule has 2 aromatic rings. The molecule has 1 aromatic carbocycles. The summed E-state index contributed by atoms with van der Waals surface area (Å²) in [5, 5.41) is 12.2. The van der Waals surface area contributed by atoms with Gasteiger partial charge in [0.25, 0.3) is 0 Å². The molecule has 3 rings (SSSR count). The minimum absolute atomic E-state index is 0.0124. The topological polar surface area (TPSA) is 61.0 Å². The zero-order chi connectivity index (χ0) is 14.8. The molecule has 21 heavy (non-hydrogen) atoms. The van der Waals surface area contributed by atoms with Gasteiger partial charge in [0.15, 0.2) is 5.76 Å². The summed E-state index contributed by atoms with van der Waals surface area (Å²) >= 11 is 0. The fourth-order valence-corrected chi connectivity index (χ4v) is 3.05. The number of benzene rings is 1. The molecule has 1 aliphatic heterocycles. The van der Waals surface area contributed by atoms with E-state index in [-0.39, 0.29) is 5.76 Å². The summed E-state index contributed by atoms with van der Waals surface area (Å²) in [6.07, 6.45) is 0. The van der Waals surface area contributed by atoms with Gasteiger partial charge in [0.1, 0.15) is 18.1 Å². The summed E-state index contributed by atoms with van der Waals surface area (Å²) < 4.78 is 5.46. The zero-order valence-corrected chi connectivity index (χ0v) is 12.2. The summed E-state index contributed by atoms with van der Waals surface area (Å²) in [7, 11) is 0. The van der Waals surface area contributed by atoms with E-state index in [9.17, 15) is 9.90 Å². The molecule has 1 N–H and O–H groups in total. The second kappa shape index (κ2) is 5.87. The Balaban J connectivity index is 1.86. The average Bonchev–Trinajstić information content (AvgIpc) is 2.87. The van der Waals surface area contributed by atoms with Crippen molar-refractivity contribution in [3.63, 3.8) is 0 Å². The first kappa shape index (κ1) is 14.1. The zero-order valence-electron chi connectivity index (χ0n) is 12.2. The number of nitrogens with zero attached hydrogens (tertiary/aromatic N) is 1. The van der Waals surface area contributed by atoms with E-state index in [4.69, 9.17) is 4.42 Å². The SMILES string of the molecule is CCN1CC[NH+](Cc2c(C(=O)[O-])oc3ccccc23)CC1. The molecule has 0 atom stereocenters. The number of carbonyl (C=O) groups excluding carboxylic acids is 1. The van der Waals surface area contributed by atoms with Gasteiger partial charge in [0.05, 0.1) is 18.7 Å². The van der Waals surface area contributed by atoms with Crippen molar-refractivity contribution in [2.45, 2.75) is 13.5 Å². The van der Waals surface area contributed by atoms with E-state index in [1.165, 1.54) is 4.90 Å². The van der Waals surface area contributed by atoms with Crippen LogP contribution in [0.5, 0.6) is 0 Å². The maximum absolute atomic E-state index is 11.3. The average molecular weight is 288 g/mol. The molecule has 1 fully saturated rings. The van der Waals surface area contributed by atoms with Gasteiger partial charge in [-0.2, -0.15) is 0 Å². The Labute approximate surface area is 123 Å². The lowest BCUT2D eigenvalue weighted by molar-refractivity contribution is -0.918. The number of aromatic carboxylic acids is 1. The number of likely N-dealkylation sites (N-methyl/N-ethyl adjacent to an activating group) is 1. The third-order valence-electron chi connectivity index (χ3n) is 4.32. The Morgan fingerprint density at radius 2 is 2.05 bits per heavy atom. The lowest BCUT2D eigenvalue weighted by Gasteiger charge is -2.31. The maximum atomic E-state index is 11.3. The summed E-state index contributed by atoms with van der Waals surface area (Å²) in [6.45, 7) is 8.09. The minimum atomic E-state index is -1.23. The standard InChI is InChI=1S/C16H20N2O3/c1-2-17-7-9-18(10-8-17)11-13-12-5-3-4-6-14(12)21-15(13)16(19)20/h3-6H,2,7-11H2,1H3,(H,19,20). The minimum Gasteiger partial charge on any atom is -0.542 e. The second-order valence-electron chi connectivity index (χ2n) is 5.55. The van der Waals surface area contributed by atoms with Crippen LogP contribution in [-0.4, -0.2) is 43.6 Å². The van der Waals surface area contributed by atoms with Crippen LogP contribution >= 0.6 is 0 Å². The van der Waals surface area contributed by atoms with Crippen LogP contribution in [-0.2, 0) is 6.54 Å². The first-order valence-electron chi connectivity index (χ1n) is 7.46. The van der Waals surface area contributed by atoms with Crippen LogP contribution in [0.4, 0.5) is 0 Å². The van der Waals surface area contributed by atoms with Gasteiger partial charge >= 0.3 is 0 Å². The van der Waals surface area contributed by atoms with Crippen molar-refractivity contribution in [3.8, 4) is 0 Å². The number of hydrogen-bond acceptors (Lipinski definition) is 4. The largest absolute Gasteiger partial charge is 0.542 e. The molecule has 1 aromatic heterocycles. The van der Waals surface area contributed by atoms with Gasteiger partial charge in [0.2, 0.25) is 0 Å². The predicted molar refractivity (Wildman–Crippen MR) is 77.1 cm³/mol. The van der Waals surface area contributed by atoms with Crippen molar-refractivity contribution in [1.29, 1.82) is 0 Å². The van der Waals surface area contributed by atoms with Crippen molar-refractivity contribution in [3.05, 3.63) is 35.6 Å². The lowest BCUT2D eigenvalue weighted by atomic mass is 10.1. The quantitative estimate of drug-likeness (QED) is 0.825. The smallest absolute Gasteiger partial charge is 0.159 e. The van der Waals surface area contributed by atoms with E-state index in [1.54, 1.807) is 6.07 Å². The van der Waals surface area contributed by atoms with Crippen molar-refractivity contribution in [1.82, 2.24) is 4.90 Å². The normalized spacial score (nSPS) is 17.4. The Hall–Kier alpha value is -1.85. The van der Waals surface area contributed by atoms with Gasteiger partial charge in [-0.3, -0.25) is 4.90 Å². The van der Waals surface area contributed by atoms with Gasteiger partial charge in [-0.15, -0.1) is 0 Å². The Kier molecular flexibility index (Phi) is 3.94. The number of piperazine rings is 1. The van der Waals surface area contributed by atoms with Crippen LogP contribution in [0, 0.1) is 0 Å². The highest BCUT2D eigenvalue weighted by Gasteiger charge is 2.23. The number of furan rings is 1. The second-order valence-corrected chi connectivity index (χ2v) is 5.55. The molecule has 5 heteroatoms. The molecular formula is C16H20N2O3. The highest BCUT2D eigenvalue weighted by molar-refractivity contribution is 5.93. The molecule has 1 aliphatic rings. The van der Waals surface area contributed by atoms with E-state index in [0.29, 0.717) is 12.1 Å². The van der Waals surface area contributed by atoms with E-state index in [1.807, 2.05) is 18.2 Å². The molecule has 0 saturated carbocycles. The Morgan fingerprint density at radius 3 is 2.71 bits per heavy atom. The summed E-state index contributed by atoms with van der Waals surface area (Å²) in [4.78, 5) is 15.1. The van der Waals surface area contributed by atoms with Gasteiger partial charge < -0.3 is 19.2 Å². The van der Waals surface area contributed by atoms with Gasteiger partial charge in [-0.05, 0) is 12.6 Å². The van der Waals surface area contributed by atoms with Crippen LogP contribution in [0.15, 0.2) is 28.7 Å². The number of para-hydroxylation sites is 1. The van der Waals surface area contributed by atoms with Gasteiger partial charge in [-0.1, -0.05) is 25.1 Å².